The average molecular weight is 380 g/mol. The third kappa shape index (κ3) is 4.43. The van der Waals surface area contributed by atoms with Crippen molar-refractivity contribution in [3.05, 3.63) is 54.1 Å². The first-order chi connectivity index (χ1) is 13.3. The predicted molar refractivity (Wildman–Crippen MR) is 113 cm³/mol. The van der Waals surface area contributed by atoms with Crippen molar-refractivity contribution in [1.29, 1.82) is 0 Å². The first kappa shape index (κ1) is 20.1. The van der Waals surface area contributed by atoms with Crippen molar-refractivity contribution in [2.75, 3.05) is 13.2 Å². The lowest BCUT2D eigenvalue weighted by atomic mass is 10.1. The molecule has 0 saturated heterocycles. The van der Waals surface area contributed by atoms with Gasteiger partial charge >= 0.3 is 0 Å². The maximum atomic E-state index is 11.4. The second kappa shape index (κ2) is 8.17. The zero-order valence-electron chi connectivity index (χ0n) is 16.9. The van der Waals surface area contributed by atoms with Gasteiger partial charge in [-0.3, -0.25) is 4.79 Å². The summed E-state index contributed by atoms with van der Waals surface area (Å²) in [4.78, 5) is 11.4. The lowest BCUT2D eigenvalue weighted by molar-refractivity contribution is 0.100. The van der Waals surface area contributed by atoms with E-state index in [9.17, 15) is 9.90 Å². The lowest BCUT2D eigenvalue weighted by Gasteiger charge is -2.23. The largest absolute Gasteiger partial charge is 0.490 e. The maximum Gasteiger partial charge on any atom is 0.150 e. The van der Waals surface area contributed by atoms with E-state index >= 15 is 0 Å². The Hall–Kier alpha value is -2.63. The molecule has 0 aliphatic rings. The number of nitrogens with zero attached hydrogens (tertiary/aromatic N) is 1. The van der Waals surface area contributed by atoms with E-state index in [1.807, 2.05) is 55.6 Å². The number of carbonyl (C=O) groups excluding carboxylic acids is 1. The lowest BCUT2D eigenvalue weighted by Crippen LogP contribution is -2.42. The number of hydrogen-bond acceptors (Lipinski definition) is 4. The summed E-state index contributed by atoms with van der Waals surface area (Å²) >= 11 is 0. The molecular weight excluding hydrogens is 352 g/mol. The standard InChI is InChI=1S/C23H28N2O3/c1-23(2,3)24-13-17(27)15-28-22-11-6-5-9-18(22)21-12-19-16(14-26)8-7-10-20(19)25(21)4/h5-12,14,17,24,27H,13,15H2,1-4H3. The number of benzene rings is 2. The fraction of sp³-hybridized carbons (Fsp3) is 0.348. The van der Waals surface area contributed by atoms with Crippen LogP contribution >= 0.6 is 0 Å². The number of fused-ring (bicyclic) bond motifs is 1. The van der Waals surface area contributed by atoms with Crippen molar-refractivity contribution >= 4 is 17.2 Å². The van der Waals surface area contributed by atoms with Crippen molar-refractivity contribution in [3.8, 4) is 17.0 Å². The number of carbonyl (C=O) groups is 1. The number of aromatic nitrogens is 1. The minimum atomic E-state index is -0.610. The molecular formula is C23H28N2O3. The van der Waals surface area contributed by atoms with Gasteiger partial charge in [0.25, 0.3) is 0 Å². The second-order valence-electron chi connectivity index (χ2n) is 8.08. The summed E-state index contributed by atoms with van der Waals surface area (Å²) in [5.74, 6) is 0.705. The van der Waals surface area contributed by atoms with Crippen LogP contribution in [0.5, 0.6) is 5.75 Å². The van der Waals surface area contributed by atoms with Crippen LogP contribution in [0, 0.1) is 0 Å². The topological polar surface area (TPSA) is 63.5 Å². The van der Waals surface area contributed by atoms with Gasteiger partial charge in [0.15, 0.2) is 6.29 Å². The second-order valence-corrected chi connectivity index (χ2v) is 8.08. The Kier molecular flexibility index (Phi) is 5.87. The first-order valence-corrected chi connectivity index (χ1v) is 9.49. The molecule has 148 valence electrons. The summed E-state index contributed by atoms with van der Waals surface area (Å²) < 4.78 is 8.01. The maximum absolute atomic E-state index is 11.4. The van der Waals surface area contributed by atoms with E-state index in [2.05, 4.69) is 30.7 Å². The molecule has 28 heavy (non-hydrogen) atoms. The minimum Gasteiger partial charge on any atom is -0.490 e. The van der Waals surface area contributed by atoms with E-state index in [-0.39, 0.29) is 12.1 Å². The SMILES string of the molecule is Cn1c(-c2ccccc2OCC(O)CNC(C)(C)C)cc2c(C=O)cccc21. The van der Waals surface area contributed by atoms with Crippen molar-refractivity contribution in [2.45, 2.75) is 32.4 Å². The Bertz CT molecular complexity index is 970. The quantitative estimate of drug-likeness (QED) is 0.612. The molecule has 5 nitrogen and oxygen atoms in total. The van der Waals surface area contributed by atoms with Crippen molar-refractivity contribution in [3.63, 3.8) is 0 Å². The van der Waals surface area contributed by atoms with Crippen LogP contribution in [0.4, 0.5) is 0 Å². The molecule has 2 aromatic carbocycles. The van der Waals surface area contributed by atoms with Gasteiger partial charge in [0, 0.05) is 41.2 Å². The highest BCUT2D eigenvalue weighted by Gasteiger charge is 2.16. The van der Waals surface area contributed by atoms with Gasteiger partial charge in [0.1, 0.15) is 18.5 Å². The average Bonchev–Trinajstić information content (AvgIpc) is 3.01. The summed E-state index contributed by atoms with van der Waals surface area (Å²) in [5.41, 5.74) is 3.49. The number of ether oxygens (including phenoxy) is 1. The van der Waals surface area contributed by atoms with Gasteiger partial charge in [-0.05, 0) is 45.0 Å². The van der Waals surface area contributed by atoms with Gasteiger partial charge in [-0.2, -0.15) is 0 Å². The van der Waals surface area contributed by atoms with Crippen LogP contribution in [-0.4, -0.2) is 40.8 Å². The van der Waals surface area contributed by atoms with Crippen LogP contribution in [0.3, 0.4) is 0 Å². The smallest absolute Gasteiger partial charge is 0.150 e. The van der Waals surface area contributed by atoms with Crippen LogP contribution in [0.15, 0.2) is 48.5 Å². The van der Waals surface area contributed by atoms with Gasteiger partial charge in [0.2, 0.25) is 0 Å². The third-order valence-corrected chi connectivity index (χ3v) is 4.71. The third-order valence-electron chi connectivity index (χ3n) is 4.71. The van der Waals surface area contributed by atoms with E-state index in [1.54, 1.807) is 0 Å². The van der Waals surface area contributed by atoms with Gasteiger partial charge < -0.3 is 19.7 Å². The number of aliphatic hydroxyl groups is 1. The molecule has 0 spiro atoms. The Balaban J connectivity index is 1.86. The number of aliphatic hydroxyl groups excluding tert-OH is 1. The Labute approximate surface area is 165 Å². The van der Waals surface area contributed by atoms with Crippen LogP contribution in [0.2, 0.25) is 0 Å². The molecule has 2 N–H and O–H groups in total. The number of hydrogen-bond donors (Lipinski definition) is 2. The number of rotatable bonds is 7. The minimum absolute atomic E-state index is 0.0572. The van der Waals surface area contributed by atoms with Crippen molar-refractivity contribution < 1.29 is 14.6 Å². The predicted octanol–water partition coefficient (Wildman–Crippen LogP) is 3.79. The number of aryl methyl sites for hydroxylation is 1. The van der Waals surface area contributed by atoms with E-state index in [0.29, 0.717) is 17.9 Å². The van der Waals surface area contributed by atoms with Gasteiger partial charge in [-0.25, -0.2) is 0 Å². The number of β-amino-alcohol motifs (C(OH)–C–C–N with tert-alkyl or cyclic N) is 1. The molecule has 0 amide bonds. The van der Waals surface area contributed by atoms with Crippen LogP contribution in [-0.2, 0) is 7.05 Å². The molecule has 1 aromatic heterocycles. The van der Waals surface area contributed by atoms with Crippen LogP contribution in [0.25, 0.3) is 22.2 Å². The summed E-state index contributed by atoms with van der Waals surface area (Å²) in [5, 5.41) is 14.4. The Morgan fingerprint density at radius 3 is 2.64 bits per heavy atom. The van der Waals surface area contributed by atoms with Gasteiger partial charge in [-0.1, -0.05) is 24.3 Å². The molecule has 1 heterocycles. The summed E-state index contributed by atoms with van der Waals surface area (Å²) in [6, 6.07) is 15.5. The fourth-order valence-electron chi connectivity index (χ4n) is 3.22. The highest BCUT2D eigenvalue weighted by atomic mass is 16.5. The van der Waals surface area contributed by atoms with Crippen molar-refractivity contribution in [1.82, 2.24) is 9.88 Å². The molecule has 5 heteroatoms. The van der Waals surface area contributed by atoms with E-state index in [0.717, 1.165) is 28.4 Å². The molecule has 0 saturated carbocycles. The highest BCUT2D eigenvalue weighted by Crippen LogP contribution is 2.34. The van der Waals surface area contributed by atoms with E-state index in [1.165, 1.54) is 0 Å². The molecule has 0 bridgehead atoms. The molecule has 3 rings (SSSR count). The number of nitrogens with one attached hydrogen (secondary N) is 1. The van der Waals surface area contributed by atoms with E-state index in [4.69, 9.17) is 4.74 Å². The molecule has 3 aromatic rings. The normalized spacial score (nSPS) is 12.9. The number of aldehydes is 1. The molecule has 0 radical (unpaired) electrons. The van der Waals surface area contributed by atoms with Gasteiger partial charge in [0.05, 0.1) is 5.69 Å². The molecule has 0 fully saturated rings. The summed E-state index contributed by atoms with van der Waals surface area (Å²) in [7, 11) is 1.98. The summed E-state index contributed by atoms with van der Waals surface area (Å²) in [6.07, 6.45) is 0.272. The summed E-state index contributed by atoms with van der Waals surface area (Å²) in [6.45, 7) is 6.84. The molecule has 0 aliphatic carbocycles. The van der Waals surface area contributed by atoms with Crippen molar-refractivity contribution in [2.24, 2.45) is 7.05 Å². The molecule has 1 unspecified atom stereocenters. The van der Waals surface area contributed by atoms with E-state index < -0.39 is 6.10 Å². The molecule has 1 atom stereocenters. The Morgan fingerprint density at radius 1 is 1.18 bits per heavy atom. The molecule has 0 aliphatic heterocycles. The Morgan fingerprint density at radius 2 is 1.93 bits per heavy atom. The number of para-hydroxylation sites is 1. The highest BCUT2D eigenvalue weighted by molar-refractivity contribution is 6.00. The van der Waals surface area contributed by atoms with Gasteiger partial charge in [-0.15, -0.1) is 0 Å². The first-order valence-electron chi connectivity index (χ1n) is 9.49. The fourth-order valence-corrected chi connectivity index (χ4v) is 3.22. The zero-order chi connectivity index (χ0) is 20.3. The zero-order valence-corrected chi connectivity index (χ0v) is 16.9. The van der Waals surface area contributed by atoms with Crippen LogP contribution < -0.4 is 10.1 Å². The van der Waals surface area contributed by atoms with Crippen LogP contribution in [0.1, 0.15) is 31.1 Å². The monoisotopic (exact) mass is 380 g/mol.